The van der Waals surface area contributed by atoms with E-state index in [2.05, 4.69) is 5.32 Å². The molecule has 0 aliphatic rings. The summed E-state index contributed by atoms with van der Waals surface area (Å²) in [6, 6.07) is 3.89. The molecule has 0 aromatic heterocycles. The van der Waals surface area contributed by atoms with Gasteiger partial charge in [0.1, 0.15) is 5.75 Å². The third kappa shape index (κ3) is 4.46. The number of benzene rings is 1. The van der Waals surface area contributed by atoms with Crippen molar-refractivity contribution in [1.29, 1.82) is 0 Å². The molecule has 0 aliphatic carbocycles. The molecule has 0 saturated carbocycles. The standard InChI is InChI=1S/C14H17NO4/c1-9-6-10(2)11(12(7-9)19-3)8-15-13(16)4-5-14(17)18/h4-7H,8H2,1-3H3,(H,15,16)(H,17,18)/b5-4+. The first-order valence-electron chi connectivity index (χ1n) is 5.77. The van der Waals surface area contributed by atoms with Gasteiger partial charge < -0.3 is 15.2 Å². The van der Waals surface area contributed by atoms with Crippen molar-refractivity contribution in [2.24, 2.45) is 0 Å². The van der Waals surface area contributed by atoms with E-state index in [1.54, 1.807) is 7.11 Å². The zero-order valence-corrected chi connectivity index (χ0v) is 11.2. The van der Waals surface area contributed by atoms with Crippen molar-refractivity contribution in [1.82, 2.24) is 5.32 Å². The van der Waals surface area contributed by atoms with E-state index in [4.69, 9.17) is 9.84 Å². The van der Waals surface area contributed by atoms with Crippen LogP contribution in [0.3, 0.4) is 0 Å². The minimum Gasteiger partial charge on any atom is -0.496 e. The molecule has 5 heteroatoms. The summed E-state index contributed by atoms with van der Waals surface area (Å²) >= 11 is 0. The molecule has 0 unspecified atom stereocenters. The van der Waals surface area contributed by atoms with Gasteiger partial charge >= 0.3 is 5.97 Å². The number of hydrogen-bond donors (Lipinski definition) is 2. The lowest BCUT2D eigenvalue weighted by molar-refractivity contribution is -0.131. The average Bonchev–Trinajstić information content (AvgIpc) is 2.34. The Morgan fingerprint density at radius 3 is 2.58 bits per heavy atom. The minimum absolute atomic E-state index is 0.290. The first-order valence-corrected chi connectivity index (χ1v) is 5.77. The van der Waals surface area contributed by atoms with Gasteiger partial charge in [0.05, 0.1) is 7.11 Å². The molecule has 0 bridgehead atoms. The number of hydrogen-bond acceptors (Lipinski definition) is 3. The van der Waals surface area contributed by atoms with E-state index in [-0.39, 0.29) is 6.54 Å². The molecule has 1 rings (SSSR count). The Balaban J connectivity index is 2.78. The van der Waals surface area contributed by atoms with Crippen LogP contribution in [0.4, 0.5) is 0 Å². The van der Waals surface area contributed by atoms with Crippen LogP contribution in [0.15, 0.2) is 24.3 Å². The van der Waals surface area contributed by atoms with Crippen molar-refractivity contribution in [3.63, 3.8) is 0 Å². The van der Waals surface area contributed by atoms with E-state index >= 15 is 0 Å². The fourth-order valence-corrected chi connectivity index (χ4v) is 1.75. The summed E-state index contributed by atoms with van der Waals surface area (Å²) in [6.45, 7) is 4.19. The zero-order chi connectivity index (χ0) is 14.4. The van der Waals surface area contributed by atoms with E-state index in [1.807, 2.05) is 26.0 Å². The maximum atomic E-state index is 11.4. The van der Waals surface area contributed by atoms with Gasteiger partial charge in [0.25, 0.3) is 0 Å². The molecule has 0 aliphatic heterocycles. The summed E-state index contributed by atoms with van der Waals surface area (Å²) in [5.41, 5.74) is 2.97. The Morgan fingerprint density at radius 2 is 2.00 bits per heavy atom. The van der Waals surface area contributed by atoms with Crippen LogP contribution in [0.1, 0.15) is 16.7 Å². The van der Waals surface area contributed by atoms with E-state index in [0.29, 0.717) is 5.75 Å². The largest absolute Gasteiger partial charge is 0.496 e. The van der Waals surface area contributed by atoms with Gasteiger partial charge in [-0.2, -0.15) is 0 Å². The molecule has 5 nitrogen and oxygen atoms in total. The number of nitrogens with one attached hydrogen (secondary N) is 1. The van der Waals surface area contributed by atoms with E-state index in [0.717, 1.165) is 28.8 Å². The highest BCUT2D eigenvalue weighted by molar-refractivity contribution is 5.93. The summed E-state index contributed by atoms with van der Waals surface area (Å²) in [5, 5.41) is 11.0. The number of carboxylic acids is 1. The molecule has 0 fully saturated rings. The highest BCUT2D eigenvalue weighted by Gasteiger charge is 2.08. The number of aryl methyl sites for hydroxylation is 2. The second-order valence-electron chi connectivity index (χ2n) is 4.15. The van der Waals surface area contributed by atoms with Gasteiger partial charge in [0, 0.05) is 24.3 Å². The van der Waals surface area contributed by atoms with E-state index in [9.17, 15) is 9.59 Å². The number of ether oxygens (including phenoxy) is 1. The average molecular weight is 263 g/mol. The van der Waals surface area contributed by atoms with Gasteiger partial charge in [-0.1, -0.05) is 6.07 Å². The normalized spacial score (nSPS) is 10.5. The molecule has 0 spiro atoms. The maximum absolute atomic E-state index is 11.4. The third-order valence-electron chi connectivity index (χ3n) is 2.61. The summed E-state index contributed by atoms with van der Waals surface area (Å²) in [5.74, 6) is -0.899. The quantitative estimate of drug-likeness (QED) is 0.791. The van der Waals surface area contributed by atoms with Gasteiger partial charge in [-0.15, -0.1) is 0 Å². The highest BCUT2D eigenvalue weighted by Crippen LogP contribution is 2.23. The predicted octanol–water partition coefficient (Wildman–Crippen LogP) is 1.57. The molecule has 1 aromatic carbocycles. The SMILES string of the molecule is COc1cc(C)cc(C)c1CNC(=O)/C=C/C(=O)O. The Bertz CT molecular complexity index is 520. The lowest BCUT2D eigenvalue weighted by Gasteiger charge is -2.13. The first-order chi connectivity index (χ1) is 8.93. The molecule has 0 atom stereocenters. The second-order valence-corrected chi connectivity index (χ2v) is 4.15. The number of aliphatic carboxylic acids is 1. The minimum atomic E-state index is -1.15. The van der Waals surface area contributed by atoms with Gasteiger partial charge in [-0.25, -0.2) is 4.79 Å². The smallest absolute Gasteiger partial charge is 0.328 e. The molecule has 2 N–H and O–H groups in total. The predicted molar refractivity (Wildman–Crippen MR) is 71.1 cm³/mol. The number of carbonyl (C=O) groups is 2. The Hall–Kier alpha value is -2.30. The number of carbonyl (C=O) groups excluding carboxylic acids is 1. The van der Waals surface area contributed by atoms with Crippen molar-refractivity contribution in [2.45, 2.75) is 20.4 Å². The molecule has 1 amide bonds. The monoisotopic (exact) mass is 263 g/mol. The number of methoxy groups -OCH3 is 1. The topological polar surface area (TPSA) is 75.6 Å². The molecular weight excluding hydrogens is 246 g/mol. The van der Waals surface area contributed by atoms with Crippen LogP contribution in [0.2, 0.25) is 0 Å². The van der Waals surface area contributed by atoms with Crippen molar-refractivity contribution in [3.05, 3.63) is 41.0 Å². The molecular formula is C14H17NO4. The van der Waals surface area contributed by atoms with Crippen LogP contribution >= 0.6 is 0 Å². The van der Waals surface area contributed by atoms with Gasteiger partial charge in [-0.05, 0) is 31.0 Å². The lowest BCUT2D eigenvalue weighted by atomic mass is 10.0. The van der Waals surface area contributed by atoms with Gasteiger partial charge in [-0.3, -0.25) is 4.79 Å². The number of carboxylic acid groups (broad SMARTS) is 1. The van der Waals surface area contributed by atoms with E-state index < -0.39 is 11.9 Å². The fraction of sp³-hybridized carbons (Fsp3) is 0.286. The van der Waals surface area contributed by atoms with Crippen LogP contribution in [-0.2, 0) is 16.1 Å². The van der Waals surface area contributed by atoms with Crippen LogP contribution < -0.4 is 10.1 Å². The van der Waals surface area contributed by atoms with E-state index in [1.165, 1.54) is 0 Å². The van der Waals surface area contributed by atoms with Crippen molar-refractivity contribution >= 4 is 11.9 Å². The molecule has 0 heterocycles. The zero-order valence-electron chi connectivity index (χ0n) is 11.2. The first kappa shape index (κ1) is 14.8. The molecule has 102 valence electrons. The molecule has 19 heavy (non-hydrogen) atoms. The summed E-state index contributed by atoms with van der Waals surface area (Å²) in [4.78, 5) is 21.7. The van der Waals surface area contributed by atoms with Gasteiger partial charge in [0.15, 0.2) is 0 Å². The fourth-order valence-electron chi connectivity index (χ4n) is 1.75. The molecule has 1 aromatic rings. The summed E-state index contributed by atoms with van der Waals surface area (Å²) < 4.78 is 5.27. The van der Waals surface area contributed by atoms with Crippen LogP contribution in [0.5, 0.6) is 5.75 Å². The van der Waals surface area contributed by atoms with Gasteiger partial charge in [0.2, 0.25) is 5.91 Å². The molecule has 0 saturated heterocycles. The van der Waals surface area contributed by atoms with Crippen molar-refractivity contribution in [2.75, 3.05) is 7.11 Å². The second kappa shape index (κ2) is 6.58. The Labute approximate surface area is 111 Å². The maximum Gasteiger partial charge on any atom is 0.328 e. The number of amides is 1. The van der Waals surface area contributed by atoms with Crippen molar-refractivity contribution < 1.29 is 19.4 Å². The third-order valence-corrected chi connectivity index (χ3v) is 2.61. The Morgan fingerprint density at radius 1 is 1.32 bits per heavy atom. The summed E-state index contributed by atoms with van der Waals surface area (Å²) in [7, 11) is 1.57. The Kier molecular flexibility index (Phi) is 5.11. The highest BCUT2D eigenvalue weighted by atomic mass is 16.5. The number of rotatable bonds is 5. The van der Waals surface area contributed by atoms with Crippen molar-refractivity contribution in [3.8, 4) is 5.75 Å². The summed E-state index contributed by atoms with van der Waals surface area (Å²) in [6.07, 6.45) is 1.78. The lowest BCUT2D eigenvalue weighted by Crippen LogP contribution is -2.21. The molecule has 0 radical (unpaired) electrons. The van der Waals surface area contributed by atoms with Crippen LogP contribution in [0, 0.1) is 13.8 Å². The van der Waals surface area contributed by atoms with Crippen LogP contribution in [-0.4, -0.2) is 24.1 Å². The van der Waals surface area contributed by atoms with Crippen LogP contribution in [0.25, 0.3) is 0 Å².